The SMILES string of the molecule is CC1(C)SC2(CCCCC2)N2C(=O)CC[C@@H](Cl)C[C@H]21. The van der Waals surface area contributed by atoms with E-state index in [-0.39, 0.29) is 15.0 Å². The first kappa shape index (κ1) is 14.1. The van der Waals surface area contributed by atoms with Gasteiger partial charge < -0.3 is 4.90 Å². The summed E-state index contributed by atoms with van der Waals surface area (Å²) in [5.41, 5.74) is 0. The van der Waals surface area contributed by atoms with E-state index in [9.17, 15) is 4.79 Å². The Bertz CT molecular complexity index is 378. The molecule has 1 amide bonds. The number of hydrogen-bond acceptors (Lipinski definition) is 2. The Labute approximate surface area is 125 Å². The number of rotatable bonds is 0. The molecule has 0 aromatic carbocycles. The number of fused-ring (bicyclic) bond motifs is 2. The van der Waals surface area contributed by atoms with Gasteiger partial charge in [-0.3, -0.25) is 4.79 Å². The van der Waals surface area contributed by atoms with Crippen LogP contribution < -0.4 is 0 Å². The molecule has 0 bridgehead atoms. The highest BCUT2D eigenvalue weighted by molar-refractivity contribution is 8.02. The van der Waals surface area contributed by atoms with Gasteiger partial charge >= 0.3 is 0 Å². The zero-order valence-corrected chi connectivity index (χ0v) is 13.5. The van der Waals surface area contributed by atoms with Crippen LogP contribution in [0.2, 0.25) is 0 Å². The summed E-state index contributed by atoms with van der Waals surface area (Å²) in [7, 11) is 0. The van der Waals surface area contributed by atoms with Gasteiger partial charge in [0.05, 0.1) is 4.87 Å². The lowest BCUT2D eigenvalue weighted by molar-refractivity contribution is -0.137. The smallest absolute Gasteiger partial charge is 0.224 e. The molecule has 2 atom stereocenters. The van der Waals surface area contributed by atoms with Crippen LogP contribution in [-0.4, -0.2) is 31.8 Å². The normalized spacial score (nSPS) is 37.2. The number of halogens is 1. The highest BCUT2D eigenvalue weighted by atomic mass is 35.5. The molecule has 0 aromatic rings. The maximum atomic E-state index is 12.7. The van der Waals surface area contributed by atoms with E-state index in [0.717, 1.165) is 12.8 Å². The molecule has 0 aromatic heterocycles. The predicted octanol–water partition coefficient (Wildman–Crippen LogP) is 4.16. The van der Waals surface area contributed by atoms with Crippen molar-refractivity contribution in [3.8, 4) is 0 Å². The molecule has 4 heteroatoms. The molecular weight excluding hydrogens is 278 g/mol. The van der Waals surface area contributed by atoms with Crippen molar-refractivity contribution in [3.63, 3.8) is 0 Å². The largest absolute Gasteiger partial charge is 0.324 e. The van der Waals surface area contributed by atoms with E-state index in [2.05, 4.69) is 30.5 Å². The van der Waals surface area contributed by atoms with Gasteiger partial charge in [-0.15, -0.1) is 23.4 Å². The molecule has 1 aliphatic carbocycles. The molecule has 2 nitrogen and oxygen atoms in total. The second-order valence-electron chi connectivity index (χ2n) is 6.86. The second-order valence-corrected chi connectivity index (χ2v) is 9.50. The lowest BCUT2D eigenvalue weighted by Gasteiger charge is -2.42. The van der Waals surface area contributed by atoms with Gasteiger partial charge in [-0.05, 0) is 39.5 Å². The van der Waals surface area contributed by atoms with E-state index >= 15 is 0 Å². The van der Waals surface area contributed by atoms with E-state index in [1.54, 1.807) is 0 Å². The van der Waals surface area contributed by atoms with E-state index in [4.69, 9.17) is 11.6 Å². The molecule has 0 N–H and O–H groups in total. The summed E-state index contributed by atoms with van der Waals surface area (Å²) < 4.78 is 0.143. The van der Waals surface area contributed by atoms with Gasteiger partial charge in [0, 0.05) is 22.6 Å². The molecule has 3 rings (SSSR count). The van der Waals surface area contributed by atoms with Crippen LogP contribution in [0.5, 0.6) is 0 Å². The maximum Gasteiger partial charge on any atom is 0.224 e. The van der Waals surface area contributed by atoms with Gasteiger partial charge in [-0.25, -0.2) is 0 Å². The summed E-state index contributed by atoms with van der Waals surface area (Å²) in [6, 6.07) is 0.327. The quantitative estimate of drug-likeness (QED) is 0.626. The Morgan fingerprint density at radius 2 is 1.95 bits per heavy atom. The molecule has 19 heavy (non-hydrogen) atoms. The lowest BCUT2D eigenvalue weighted by Crippen LogP contribution is -2.51. The van der Waals surface area contributed by atoms with Crippen LogP contribution >= 0.6 is 23.4 Å². The molecule has 0 unspecified atom stereocenters. The number of carbonyl (C=O) groups excluding carboxylic acids is 1. The Hall–Kier alpha value is 0.110. The summed E-state index contributed by atoms with van der Waals surface area (Å²) >= 11 is 8.48. The third kappa shape index (κ3) is 2.31. The van der Waals surface area contributed by atoms with Crippen molar-refractivity contribution in [3.05, 3.63) is 0 Å². The van der Waals surface area contributed by atoms with Crippen LogP contribution in [0, 0.1) is 0 Å². The van der Waals surface area contributed by atoms with E-state index < -0.39 is 0 Å². The topological polar surface area (TPSA) is 20.3 Å². The van der Waals surface area contributed by atoms with Gasteiger partial charge in [0.25, 0.3) is 0 Å². The summed E-state index contributed by atoms with van der Waals surface area (Å²) in [6.07, 6.45) is 8.68. The minimum atomic E-state index is 0.0877. The number of amides is 1. The number of thioether (sulfide) groups is 1. The number of nitrogens with zero attached hydrogens (tertiary/aromatic N) is 1. The third-order valence-electron chi connectivity index (χ3n) is 5.06. The van der Waals surface area contributed by atoms with Crippen molar-refractivity contribution in [2.24, 2.45) is 0 Å². The highest BCUT2D eigenvalue weighted by Gasteiger charge is 2.58. The van der Waals surface area contributed by atoms with Crippen molar-refractivity contribution in [1.29, 1.82) is 0 Å². The van der Waals surface area contributed by atoms with E-state index in [1.807, 2.05) is 0 Å². The van der Waals surface area contributed by atoms with Crippen LogP contribution in [0.3, 0.4) is 0 Å². The molecule has 108 valence electrons. The van der Waals surface area contributed by atoms with E-state index in [1.165, 1.54) is 32.1 Å². The van der Waals surface area contributed by atoms with Gasteiger partial charge in [0.15, 0.2) is 0 Å². The molecule has 1 saturated carbocycles. The van der Waals surface area contributed by atoms with Gasteiger partial charge in [0.2, 0.25) is 5.91 Å². The first-order valence-corrected chi connectivity index (χ1v) is 8.86. The molecule has 2 aliphatic heterocycles. The summed E-state index contributed by atoms with van der Waals surface area (Å²) in [5, 5.41) is 0.164. The predicted molar refractivity (Wildman–Crippen MR) is 81.6 cm³/mol. The molecular formula is C15H24ClNOS. The van der Waals surface area contributed by atoms with Crippen molar-refractivity contribution in [2.45, 2.75) is 86.3 Å². The van der Waals surface area contributed by atoms with Crippen molar-refractivity contribution >= 4 is 29.3 Å². The second kappa shape index (κ2) is 4.84. The van der Waals surface area contributed by atoms with Crippen LogP contribution in [0.1, 0.15) is 65.2 Å². The first-order chi connectivity index (χ1) is 8.95. The van der Waals surface area contributed by atoms with Crippen molar-refractivity contribution in [2.75, 3.05) is 0 Å². The Morgan fingerprint density at radius 1 is 1.26 bits per heavy atom. The number of hydrogen-bond donors (Lipinski definition) is 0. The highest BCUT2D eigenvalue weighted by Crippen LogP contribution is 2.59. The fourth-order valence-corrected chi connectivity index (χ4v) is 6.61. The summed E-state index contributed by atoms with van der Waals surface area (Å²) in [4.78, 5) is 15.0. The summed E-state index contributed by atoms with van der Waals surface area (Å²) in [5.74, 6) is 0.355. The van der Waals surface area contributed by atoms with E-state index in [0.29, 0.717) is 18.4 Å². The Morgan fingerprint density at radius 3 is 2.63 bits per heavy atom. The molecule has 2 saturated heterocycles. The van der Waals surface area contributed by atoms with Gasteiger partial charge in [-0.2, -0.15) is 0 Å². The Kier molecular flexibility index (Phi) is 3.58. The maximum absolute atomic E-state index is 12.7. The molecule has 1 spiro atoms. The lowest BCUT2D eigenvalue weighted by atomic mass is 9.90. The zero-order valence-electron chi connectivity index (χ0n) is 12.0. The molecule has 3 fully saturated rings. The molecule has 0 radical (unpaired) electrons. The number of alkyl halides is 1. The minimum Gasteiger partial charge on any atom is -0.324 e. The van der Waals surface area contributed by atoms with Crippen LogP contribution in [0.15, 0.2) is 0 Å². The van der Waals surface area contributed by atoms with Crippen LogP contribution in [0.4, 0.5) is 0 Å². The molecule has 3 aliphatic rings. The molecule has 2 heterocycles. The minimum absolute atomic E-state index is 0.0877. The zero-order chi connectivity index (χ0) is 13.7. The van der Waals surface area contributed by atoms with Gasteiger partial charge in [-0.1, -0.05) is 19.3 Å². The first-order valence-electron chi connectivity index (χ1n) is 7.61. The van der Waals surface area contributed by atoms with Gasteiger partial charge in [0.1, 0.15) is 0 Å². The third-order valence-corrected chi connectivity index (χ3v) is 7.24. The van der Waals surface area contributed by atoms with Crippen LogP contribution in [0.25, 0.3) is 0 Å². The Balaban J connectivity index is 1.98. The fraction of sp³-hybridized carbons (Fsp3) is 0.933. The number of carbonyl (C=O) groups is 1. The standard InChI is InChI=1S/C15H24ClNOS/c1-14(2)12-10-11(16)6-7-13(18)17(12)15(19-14)8-4-3-5-9-15/h11-12H,3-10H2,1-2H3/t11-,12+/m1/s1. The average Bonchev–Trinajstić information content (AvgIpc) is 2.47. The van der Waals surface area contributed by atoms with Crippen molar-refractivity contribution in [1.82, 2.24) is 4.90 Å². The summed E-state index contributed by atoms with van der Waals surface area (Å²) in [6.45, 7) is 4.61. The monoisotopic (exact) mass is 301 g/mol. The van der Waals surface area contributed by atoms with Crippen molar-refractivity contribution < 1.29 is 4.79 Å². The average molecular weight is 302 g/mol. The van der Waals surface area contributed by atoms with Crippen LogP contribution in [-0.2, 0) is 4.79 Å². The fourth-order valence-electron chi connectivity index (χ4n) is 4.20.